The zero-order valence-corrected chi connectivity index (χ0v) is 20.8. The van der Waals surface area contributed by atoms with Gasteiger partial charge in [0.2, 0.25) is 17.7 Å². The van der Waals surface area contributed by atoms with Crippen molar-refractivity contribution in [2.24, 2.45) is 11.7 Å². The monoisotopic (exact) mass is 487 g/mol. The van der Waals surface area contributed by atoms with Crippen LogP contribution in [-0.2, 0) is 19.2 Å². The fraction of sp³-hybridized carbons (Fsp3) is 0.818. The maximum Gasteiger partial charge on any atom is 0.326 e. The number of amides is 3. The fourth-order valence-electron chi connectivity index (χ4n) is 3.68. The standard InChI is InChI=1S/C22H41N5O5S/c1-14(2)13-18(27-19(28)15-8-6-11-24-15)21(30)25-16(9-12-33-3)20(29)26-17(22(31)32)7-4-5-10-23/h14-18,24H,4-13,23H2,1-3H3,(H,25,30)(H,26,29)(H,27,28)(H,31,32). The number of carboxylic acids is 1. The van der Waals surface area contributed by atoms with Crippen LogP contribution in [-0.4, -0.2) is 78.1 Å². The minimum atomic E-state index is -1.12. The molecule has 0 aliphatic carbocycles. The zero-order valence-electron chi connectivity index (χ0n) is 20.0. The number of carbonyl (C=O) groups is 4. The second kappa shape index (κ2) is 15.9. The van der Waals surface area contributed by atoms with Gasteiger partial charge in [0.15, 0.2) is 0 Å². The number of carboxylic acid groups (broad SMARTS) is 1. The molecule has 33 heavy (non-hydrogen) atoms. The maximum absolute atomic E-state index is 13.1. The van der Waals surface area contributed by atoms with Crippen molar-refractivity contribution < 1.29 is 24.3 Å². The van der Waals surface area contributed by atoms with Crippen molar-refractivity contribution in [3.8, 4) is 0 Å². The molecule has 7 N–H and O–H groups in total. The van der Waals surface area contributed by atoms with Gasteiger partial charge in [0.1, 0.15) is 18.1 Å². The number of hydrogen-bond donors (Lipinski definition) is 6. The number of thioether (sulfide) groups is 1. The third-order valence-electron chi connectivity index (χ3n) is 5.52. The van der Waals surface area contributed by atoms with Crippen LogP contribution >= 0.6 is 11.8 Å². The van der Waals surface area contributed by atoms with E-state index in [2.05, 4.69) is 21.3 Å². The summed E-state index contributed by atoms with van der Waals surface area (Å²) in [5.74, 6) is -1.56. The van der Waals surface area contributed by atoms with E-state index in [-0.39, 0.29) is 24.3 Å². The van der Waals surface area contributed by atoms with Gasteiger partial charge in [-0.1, -0.05) is 13.8 Å². The van der Waals surface area contributed by atoms with Crippen molar-refractivity contribution in [2.45, 2.75) is 83.0 Å². The van der Waals surface area contributed by atoms with Gasteiger partial charge in [-0.15, -0.1) is 0 Å². The number of unbranched alkanes of at least 4 members (excludes halogenated alkanes) is 1. The number of hydrogen-bond acceptors (Lipinski definition) is 7. The van der Waals surface area contributed by atoms with E-state index >= 15 is 0 Å². The second-order valence-corrected chi connectivity index (χ2v) is 9.85. The van der Waals surface area contributed by atoms with Crippen LogP contribution in [0.3, 0.4) is 0 Å². The lowest BCUT2D eigenvalue weighted by Crippen LogP contribution is -2.57. The molecule has 0 radical (unpaired) electrons. The van der Waals surface area contributed by atoms with Gasteiger partial charge >= 0.3 is 5.97 Å². The summed E-state index contributed by atoms with van der Waals surface area (Å²) in [5, 5.41) is 20.7. The third kappa shape index (κ3) is 11.2. The van der Waals surface area contributed by atoms with Crippen LogP contribution < -0.4 is 27.0 Å². The Morgan fingerprint density at radius 2 is 1.70 bits per heavy atom. The van der Waals surface area contributed by atoms with E-state index in [9.17, 15) is 24.3 Å². The van der Waals surface area contributed by atoms with Crippen LogP contribution in [0.1, 0.15) is 58.8 Å². The molecule has 11 heteroatoms. The first-order valence-electron chi connectivity index (χ1n) is 11.8. The molecule has 4 unspecified atom stereocenters. The lowest BCUT2D eigenvalue weighted by atomic mass is 10.0. The van der Waals surface area contributed by atoms with Gasteiger partial charge < -0.3 is 32.1 Å². The summed E-state index contributed by atoms with van der Waals surface area (Å²) in [4.78, 5) is 50.1. The van der Waals surface area contributed by atoms with Crippen molar-refractivity contribution in [1.29, 1.82) is 0 Å². The number of rotatable bonds is 16. The van der Waals surface area contributed by atoms with Gasteiger partial charge in [0, 0.05) is 0 Å². The lowest BCUT2D eigenvalue weighted by Gasteiger charge is -2.26. The molecular weight excluding hydrogens is 446 g/mol. The normalized spacial score (nSPS) is 18.4. The van der Waals surface area contributed by atoms with Crippen molar-refractivity contribution in [3.05, 3.63) is 0 Å². The fourth-order valence-corrected chi connectivity index (χ4v) is 4.15. The molecule has 1 rings (SSSR count). The summed E-state index contributed by atoms with van der Waals surface area (Å²) in [6.45, 7) is 5.13. The van der Waals surface area contributed by atoms with Gasteiger partial charge in [-0.2, -0.15) is 11.8 Å². The molecule has 10 nitrogen and oxygen atoms in total. The lowest BCUT2D eigenvalue weighted by molar-refractivity contribution is -0.142. The Bertz CT molecular complexity index is 643. The van der Waals surface area contributed by atoms with E-state index in [1.54, 1.807) is 0 Å². The third-order valence-corrected chi connectivity index (χ3v) is 6.17. The summed E-state index contributed by atoms with van der Waals surface area (Å²) in [7, 11) is 0. The van der Waals surface area contributed by atoms with Crippen molar-refractivity contribution in [3.63, 3.8) is 0 Å². The maximum atomic E-state index is 13.1. The molecule has 1 saturated heterocycles. The molecule has 1 heterocycles. The largest absolute Gasteiger partial charge is 0.480 e. The number of nitrogens with two attached hydrogens (primary N) is 1. The van der Waals surface area contributed by atoms with Crippen molar-refractivity contribution >= 4 is 35.5 Å². The highest BCUT2D eigenvalue weighted by atomic mass is 32.2. The Hall–Kier alpha value is -1.85. The summed E-state index contributed by atoms with van der Waals surface area (Å²) >= 11 is 1.52. The molecule has 1 aliphatic heterocycles. The van der Waals surface area contributed by atoms with Gasteiger partial charge in [-0.05, 0) is 76.0 Å². The zero-order chi connectivity index (χ0) is 24.8. The molecule has 0 spiro atoms. The summed E-state index contributed by atoms with van der Waals surface area (Å²) in [6.07, 6.45) is 5.81. The first-order chi connectivity index (χ1) is 15.7. The molecule has 0 bridgehead atoms. The topological polar surface area (TPSA) is 163 Å². The smallest absolute Gasteiger partial charge is 0.326 e. The number of carbonyl (C=O) groups excluding carboxylic acids is 3. The van der Waals surface area contributed by atoms with E-state index in [1.165, 1.54) is 11.8 Å². The molecule has 0 aromatic carbocycles. The van der Waals surface area contributed by atoms with Gasteiger partial charge in [0.25, 0.3) is 0 Å². The average molecular weight is 488 g/mol. The Balaban J connectivity index is 2.85. The summed E-state index contributed by atoms with van der Waals surface area (Å²) in [5.41, 5.74) is 5.47. The number of nitrogens with one attached hydrogen (secondary N) is 4. The molecule has 1 aliphatic rings. The van der Waals surface area contributed by atoms with E-state index in [0.717, 1.165) is 19.4 Å². The van der Waals surface area contributed by atoms with Crippen LogP contribution in [0.25, 0.3) is 0 Å². The first kappa shape index (κ1) is 29.2. The van der Waals surface area contributed by atoms with Crippen LogP contribution in [0.2, 0.25) is 0 Å². The predicted molar refractivity (Wildman–Crippen MR) is 130 cm³/mol. The molecule has 4 atom stereocenters. The molecule has 0 saturated carbocycles. The van der Waals surface area contributed by atoms with Crippen molar-refractivity contribution in [2.75, 3.05) is 25.1 Å². The summed E-state index contributed by atoms with van der Waals surface area (Å²) in [6, 6.07) is -3.02. The van der Waals surface area contributed by atoms with Gasteiger partial charge in [-0.3, -0.25) is 14.4 Å². The van der Waals surface area contributed by atoms with Crippen LogP contribution in [0.4, 0.5) is 0 Å². The van der Waals surface area contributed by atoms with E-state index < -0.39 is 35.9 Å². The first-order valence-corrected chi connectivity index (χ1v) is 13.1. The average Bonchev–Trinajstić information content (AvgIpc) is 3.30. The second-order valence-electron chi connectivity index (χ2n) is 8.87. The SMILES string of the molecule is CSCCC(NC(=O)C(CC(C)C)NC(=O)C1CCCN1)C(=O)NC(CCCCN)C(=O)O. The molecule has 0 aromatic rings. The quantitative estimate of drug-likeness (QED) is 0.168. The molecule has 1 fully saturated rings. The van der Waals surface area contributed by atoms with Crippen molar-refractivity contribution in [1.82, 2.24) is 21.3 Å². The predicted octanol–water partition coefficient (Wildman–Crippen LogP) is 0.206. The highest BCUT2D eigenvalue weighted by Crippen LogP contribution is 2.11. The highest BCUT2D eigenvalue weighted by molar-refractivity contribution is 7.98. The van der Waals surface area contributed by atoms with Crippen LogP contribution in [0.5, 0.6) is 0 Å². The van der Waals surface area contributed by atoms with Gasteiger partial charge in [-0.25, -0.2) is 4.79 Å². The Labute approximate surface area is 200 Å². The Morgan fingerprint density at radius 1 is 1.03 bits per heavy atom. The minimum Gasteiger partial charge on any atom is -0.480 e. The Kier molecular flexibility index (Phi) is 14.1. The Morgan fingerprint density at radius 3 is 2.24 bits per heavy atom. The van der Waals surface area contributed by atoms with Crippen LogP contribution in [0.15, 0.2) is 0 Å². The van der Waals surface area contributed by atoms with Crippen LogP contribution in [0, 0.1) is 5.92 Å². The van der Waals surface area contributed by atoms with E-state index in [1.807, 2.05) is 20.1 Å². The van der Waals surface area contributed by atoms with Gasteiger partial charge in [0.05, 0.1) is 6.04 Å². The minimum absolute atomic E-state index is 0.148. The molecule has 190 valence electrons. The number of aliphatic carboxylic acids is 1. The summed E-state index contributed by atoms with van der Waals surface area (Å²) < 4.78 is 0. The molecule has 0 aromatic heterocycles. The molecular formula is C22H41N5O5S. The highest BCUT2D eigenvalue weighted by Gasteiger charge is 2.31. The molecule has 3 amide bonds. The van der Waals surface area contributed by atoms with E-state index in [0.29, 0.717) is 38.0 Å². The van der Waals surface area contributed by atoms with E-state index in [4.69, 9.17) is 5.73 Å².